The smallest absolute Gasteiger partial charge is 0.319 e. The molecule has 166 valence electrons. The van der Waals surface area contributed by atoms with Gasteiger partial charge in [0.25, 0.3) is 0 Å². The van der Waals surface area contributed by atoms with Gasteiger partial charge in [-0.25, -0.2) is 4.79 Å². The van der Waals surface area contributed by atoms with E-state index in [9.17, 15) is 9.59 Å². The molecular weight excluding hydrogens is 390 g/mol. The van der Waals surface area contributed by atoms with Crippen molar-refractivity contribution >= 4 is 17.6 Å². The number of carbonyl (C=O) groups excluding carboxylic acids is 2. The first-order valence-corrected chi connectivity index (χ1v) is 11.1. The van der Waals surface area contributed by atoms with Crippen molar-refractivity contribution in [2.75, 3.05) is 31.6 Å². The third-order valence-corrected chi connectivity index (χ3v) is 5.61. The monoisotopic (exact) mass is 423 g/mol. The number of ether oxygens (including phenoxy) is 1. The second-order valence-corrected chi connectivity index (χ2v) is 8.09. The largest absolute Gasteiger partial charge is 0.494 e. The Balaban J connectivity index is 1.43. The second-order valence-electron chi connectivity index (χ2n) is 8.09. The van der Waals surface area contributed by atoms with Crippen LogP contribution in [0.2, 0.25) is 0 Å². The minimum Gasteiger partial charge on any atom is -0.494 e. The van der Waals surface area contributed by atoms with Crippen LogP contribution in [0.1, 0.15) is 37.3 Å². The molecular formula is C25H33N3O3. The van der Waals surface area contributed by atoms with Gasteiger partial charge in [0, 0.05) is 31.7 Å². The van der Waals surface area contributed by atoms with E-state index in [0.717, 1.165) is 42.0 Å². The number of piperidine rings is 1. The molecule has 31 heavy (non-hydrogen) atoms. The standard InChI is InChI=1S/C25H33N3O3/c1-3-31-23-9-5-4-8-21(23)12-15-24(29)28-16-6-7-20(18-28)17-26-25(30)27-22-13-10-19(2)11-14-22/h4-5,8-11,13-14,20H,3,6-7,12,15-18H2,1-2H3,(H2,26,27,30). The average molecular weight is 424 g/mol. The number of amides is 3. The fourth-order valence-corrected chi connectivity index (χ4v) is 3.91. The van der Waals surface area contributed by atoms with E-state index in [2.05, 4.69) is 10.6 Å². The van der Waals surface area contributed by atoms with Gasteiger partial charge in [-0.05, 0) is 62.8 Å². The Labute approximate surface area is 185 Å². The van der Waals surface area contributed by atoms with Crippen LogP contribution in [-0.4, -0.2) is 43.1 Å². The van der Waals surface area contributed by atoms with E-state index in [-0.39, 0.29) is 17.9 Å². The van der Waals surface area contributed by atoms with Crippen molar-refractivity contribution in [3.8, 4) is 5.75 Å². The van der Waals surface area contributed by atoms with Gasteiger partial charge in [0.1, 0.15) is 5.75 Å². The van der Waals surface area contributed by atoms with E-state index in [0.29, 0.717) is 32.5 Å². The highest BCUT2D eigenvalue weighted by Crippen LogP contribution is 2.21. The summed E-state index contributed by atoms with van der Waals surface area (Å²) < 4.78 is 5.66. The summed E-state index contributed by atoms with van der Waals surface area (Å²) in [6.45, 7) is 6.63. The summed E-state index contributed by atoms with van der Waals surface area (Å²) in [5.74, 6) is 1.30. The predicted molar refractivity (Wildman–Crippen MR) is 123 cm³/mol. The number of hydrogen-bond acceptors (Lipinski definition) is 3. The first kappa shape index (κ1) is 22.7. The molecule has 0 radical (unpaired) electrons. The highest BCUT2D eigenvalue weighted by molar-refractivity contribution is 5.89. The summed E-state index contributed by atoms with van der Waals surface area (Å²) >= 11 is 0. The Morgan fingerprint density at radius 1 is 1.13 bits per heavy atom. The molecule has 2 aromatic carbocycles. The minimum atomic E-state index is -0.208. The normalized spacial score (nSPS) is 15.9. The molecule has 1 atom stereocenters. The molecule has 2 N–H and O–H groups in total. The first-order chi connectivity index (χ1) is 15.0. The van der Waals surface area contributed by atoms with Crippen LogP contribution in [0, 0.1) is 12.8 Å². The molecule has 6 nitrogen and oxygen atoms in total. The van der Waals surface area contributed by atoms with Gasteiger partial charge in [0.15, 0.2) is 0 Å². The number of benzene rings is 2. The Bertz CT molecular complexity index is 867. The summed E-state index contributed by atoms with van der Waals surface area (Å²) in [6, 6.07) is 15.4. The van der Waals surface area contributed by atoms with Crippen molar-refractivity contribution in [2.24, 2.45) is 5.92 Å². The number of anilines is 1. The average Bonchev–Trinajstić information content (AvgIpc) is 2.79. The molecule has 1 saturated heterocycles. The minimum absolute atomic E-state index is 0.167. The van der Waals surface area contributed by atoms with Crippen LogP contribution < -0.4 is 15.4 Å². The van der Waals surface area contributed by atoms with Crippen molar-refractivity contribution in [1.82, 2.24) is 10.2 Å². The number of para-hydroxylation sites is 1. The lowest BCUT2D eigenvalue weighted by Gasteiger charge is -2.33. The maximum Gasteiger partial charge on any atom is 0.319 e. The van der Waals surface area contributed by atoms with E-state index >= 15 is 0 Å². The zero-order valence-corrected chi connectivity index (χ0v) is 18.5. The lowest BCUT2D eigenvalue weighted by atomic mass is 9.97. The number of likely N-dealkylation sites (tertiary alicyclic amines) is 1. The Morgan fingerprint density at radius 3 is 2.68 bits per heavy atom. The van der Waals surface area contributed by atoms with E-state index in [1.54, 1.807) is 0 Å². The SMILES string of the molecule is CCOc1ccccc1CCC(=O)N1CCCC(CNC(=O)Nc2ccc(C)cc2)C1. The van der Waals surface area contributed by atoms with Crippen molar-refractivity contribution in [3.05, 3.63) is 59.7 Å². The fourth-order valence-electron chi connectivity index (χ4n) is 3.91. The van der Waals surface area contributed by atoms with Crippen LogP contribution in [0.3, 0.4) is 0 Å². The molecule has 3 rings (SSSR count). The van der Waals surface area contributed by atoms with Gasteiger partial charge < -0.3 is 20.3 Å². The third-order valence-electron chi connectivity index (χ3n) is 5.61. The number of nitrogens with zero attached hydrogens (tertiary/aromatic N) is 1. The van der Waals surface area contributed by atoms with Crippen molar-refractivity contribution in [2.45, 2.75) is 39.5 Å². The molecule has 1 aliphatic heterocycles. The number of nitrogens with one attached hydrogen (secondary N) is 2. The van der Waals surface area contributed by atoms with Crippen molar-refractivity contribution in [1.29, 1.82) is 0 Å². The Hall–Kier alpha value is -3.02. The second kappa shape index (κ2) is 11.4. The van der Waals surface area contributed by atoms with Crippen molar-refractivity contribution < 1.29 is 14.3 Å². The van der Waals surface area contributed by atoms with E-state index in [4.69, 9.17) is 4.74 Å². The lowest BCUT2D eigenvalue weighted by molar-refractivity contribution is -0.132. The molecule has 0 saturated carbocycles. The molecule has 1 fully saturated rings. The number of carbonyl (C=O) groups is 2. The van der Waals surface area contributed by atoms with Crippen LogP contribution >= 0.6 is 0 Å². The van der Waals surface area contributed by atoms with Gasteiger partial charge in [-0.1, -0.05) is 35.9 Å². The van der Waals surface area contributed by atoms with Crippen LogP contribution in [0.25, 0.3) is 0 Å². The highest BCUT2D eigenvalue weighted by Gasteiger charge is 2.24. The Kier molecular flexibility index (Phi) is 8.33. The zero-order valence-electron chi connectivity index (χ0n) is 18.5. The molecule has 6 heteroatoms. The Morgan fingerprint density at radius 2 is 1.90 bits per heavy atom. The molecule has 3 amide bonds. The summed E-state index contributed by atoms with van der Waals surface area (Å²) in [4.78, 5) is 26.9. The van der Waals surface area contributed by atoms with Crippen LogP contribution in [-0.2, 0) is 11.2 Å². The fraction of sp³-hybridized carbons (Fsp3) is 0.440. The van der Waals surface area contributed by atoms with Gasteiger partial charge >= 0.3 is 6.03 Å². The number of hydrogen-bond donors (Lipinski definition) is 2. The number of urea groups is 1. The van der Waals surface area contributed by atoms with Gasteiger partial charge in [-0.15, -0.1) is 0 Å². The predicted octanol–water partition coefficient (Wildman–Crippen LogP) is 4.39. The molecule has 0 aliphatic carbocycles. The summed E-state index contributed by atoms with van der Waals surface area (Å²) in [5.41, 5.74) is 3.00. The topological polar surface area (TPSA) is 70.7 Å². The number of aryl methyl sites for hydroxylation is 2. The van der Waals surface area contributed by atoms with E-state index in [1.165, 1.54) is 0 Å². The maximum atomic E-state index is 12.8. The molecule has 0 spiro atoms. The summed E-state index contributed by atoms with van der Waals surface area (Å²) in [5, 5.41) is 5.80. The van der Waals surface area contributed by atoms with E-state index in [1.807, 2.05) is 67.3 Å². The zero-order chi connectivity index (χ0) is 22.1. The first-order valence-electron chi connectivity index (χ1n) is 11.1. The van der Waals surface area contributed by atoms with Crippen molar-refractivity contribution in [3.63, 3.8) is 0 Å². The molecule has 0 aromatic heterocycles. The summed E-state index contributed by atoms with van der Waals surface area (Å²) in [7, 11) is 0. The molecule has 0 bridgehead atoms. The molecule has 1 aliphatic rings. The summed E-state index contributed by atoms with van der Waals surface area (Å²) in [6.07, 6.45) is 3.13. The van der Waals surface area contributed by atoms with Crippen LogP contribution in [0.5, 0.6) is 5.75 Å². The molecule has 1 unspecified atom stereocenters. The molecule has 2 aromatic rings. The third kappa shape index (κ3) is 7.02. The van der Waals surface area contributed by atoms with Gasteiger partial charge in [-0.3, -0.25) is 4.79 Å². The van der Waals surface area contributed by atoms with Crippen LogP contribution in [0.4, 0.5) is 10.5 Å². The van der Waals surface area contributed by atoms with Gasteiger partial charge in [0.2, 0.25) is 5.91 Å². The van der Waals surface area contributed by atoms with Crippen LogP contribution in [0.15, 0.2) is 48.5 Å². The quantitative estimate of drug-likeness (QED) is 0.662. The maximum absolute atomic E-state index is 12.8. The highest BCUT2D eigenvalue weighted by atomic mass is 16.5. The number of rotatable bonds is 8. The lowest BCUT2D eigenvalue weighted by Crippen LogP contribution is -2.44. The van der Waals surface area contributed by atoms with Gasteiger partial charge in [0.05, 0.1) is 6.61 Å². The van der Waals surface area contributed by atoms with E-state index < -0.39 is 0 Å². The molecule has 1 heterocycles. The van der Waals surface area contributed by atoms with Gasteiger partial charge in [-0.2, -0.15) is 0 Å².